The SMILES string of the molecule is CC1(CNC(=O)c2cc(Br)cc(S(N)(=O)=O)c2Cl)CC1. The number of sulfonamides is 1. The van der Waals surface area contributed by atoms with Crippen molar-refractivity contribution in [3.8, 4) is 0 Å². The highest BCUT2D eigenvalue weighted by atomic mass is 79.9. The lowest BCUT2D eigenvalue weighted by atomic mass is 10.1. The summed E-state index contributed by atoms with van der Waals surface area (Å²) in [7, 11) is -3.98. The zero-order chi connectivity index (χ0) is 15.1. The minimum atomic E-state index is -3.98. The van der Waals surface area contributed by atoms with Crippen LogP contribution in [-0.4, -0.2) is 20.9 Å². The van der Waals surface area contributed by atoms with Crippen molar-refractivity contribution in [1.29, 1.82) is 0 Å². The van der Waals surface area contributed by atoms with E-state index in [0.717, 1.165) is 12.8 Å². The lowest BCUT2D eigenvalue weighted by Crippen LogP contribution is -2.29. The fourth-order valence-electron chi connectivity index (χ4n) is 1.72. The third-order valence-electron chi connectivity index (χ3n) is 3.33. The van der Waals surface area contributed by atoms with Crippen molar-refractivity contribution in [3.63, 3.8) is 0 Å². The van der Waals surface area contributed by atoms with E-state index in [9.17, 15) is 13.2 Å². The number of halogens is 2. The van der Waals surface area contributed by atoms with Crippen molar-refractivity contribution in [2.45, 2.75) is 24.7 Å². The molecule has 1 aliphatic rings. The normalized spacial score (nSPS) is 16.8. The van der Waals surface area contributed by atoms with Crippen molar-refractivity contribution in [3.05, 3.63) is 27.2 Å². The number of hydrogen-bond acceptors (Lipinski definition) is 3. The average Bonchev–Trinajstić information content (AvgIpc) is 3.06. The Morgan fingerprint density at radius 3 is 2.60 bits per heavy atom. The van der Waals surface area contributed by atoms with Gasteiger partial charge >= 0.3 is 0 Å². The van der Waals surface area contributed by atoms with Gasteiger partial charge in [-0.3, -0.25) is 4.79 Å². The molecule has 0 bridgehead atoms. The summed E-state index contributed by atoms with van der Waals surface area (Å²) in [5, 5.41) is 7.69. The molecule has 3 N–H and O–H groups in total. The zero-order valence-corrected chi connectivity index (χ0v) is 13.9. The smallest absolute Gasteiger partial charge is 0.252 e. The first-order valence-electron chi connectivity index (χ1n) is 5.92. The van der Waals surface area contributed by atoms with Crippen molar-refractivity contribution in [2.24, 2.45) is 10.6 Å². The first kappa shape index (κ1) is 15.8. The Labute approximate surface area is 131 Å². The molecule has 0 unspecified atom stereocenters. The Kier molecular flexibility index (Phi) is 4.17. The van der Waals surface area contributed by atoms with Crippen LogP contribution < -0.4 is 10.5 Å². The predicted molar refractivity (Wildman–Crippen MR) is 80.2 cm³/mol. The van der Waals surface area contributed by atoms with Gasteiger partial charge in [0.2, 0.25) is 10.0 Å². The van der Waals surface area contributed by atoms with Gasteiger partial charge < -0.3 is 5.32 Å². The third-order valence-corrected chi connectivity index (χ3v) is 5.25. The second kappa shape index (κ2) is 5.29. The molecule has 1 aromatic rings. The summed E-state index contributed by atoms with van der Waals surface area (Å²) in [6, 6.07) is 2.75. The number of nitrogens with two attached hydrogens (primary N) is 1. The van der Waals surface area contributed by atoms with Gasteiger partial charge in [-0.05, 0) is 30.4 Å². The van der Waals surface area contributed by atoms with Crippen molar-refractivity contribution in [1.82, 2.24) is 5.32 Å². The molecule has 1 aromatic carbocycles. The molecule has 2 rings (SSSR count). The maximum atomic E-state index is 12.1. The van der Waals surface area contributed by atoms with E-state index in [1.807, 2.05) is 0 Å². The summed E-state index contributed by atoms with van der Waals surface area (Å²) in [4.78, 5) is 11.9. The van der Waals surface area contributed by atoms with Crippen LogP contribution in [0.5, 0.6) is 0 Å². The summed E-state index contributed by atoms with van der Waals surface area (Å²) in [5.41, 5.74) is 0.242. The van der Waals surface area contributed by atoms with Crippen LogP contribution in [0.1, 0.15) is 30.1 Å². The van der Waals surface area contributed by atoms with Gasteiger partial charge in [-0.1, -0.05) is 34.5 Å². The number of benzene rings is 1. The average molecular weight is 382 g/mol. The molecule has 5 nitrogen and oxygen atoms in total. The molecule has 1 amide bonds. The van der Waals surface area contributed by atoms with E-state index in [0.29, 0.717) is 11.0 Å². The molecule has 1 aliphatic carbocycles. The fourth-order valence-corrected chi connectivity index (χ4v) is 3.49. The summed E-state index contributed by atoms with van der Waals surface area (Å²) in [5.74, 6) is -0.408. The molecule has 0 atom stereocenters. The minimum absolute atomic E-state index is 0.0920. The number of hydrogen-bond donors (Lipinski definition) is 2. The molecular weight excluding hydrogens is 368 g/mol. The van der Waals surface area contributed by atoms with Crippen LogP contribution in [-0.2, 0) is 10.0 Å². The van der Waals surface area contributed by atoms with Crippen LogP contribution in [0, 0.1) is 5.41 Å². The fraction of sp³-hybridized carbons (Fsp3) is 0.417. The Bertz CT molecular complexity index is 672. The number of carbonyl (C=O) groups excluding carboxylic acids is 1. The number of amides is 1. The highest BCUT2D eigenvalue weighted by Crippen LogP contribution is 2.44. The molecular formula is C12H14BrClN2O3S. The van der Waals surface area contributed by atoms with E-state index in [-0.39, 0.29) is 20.9 Å². The molecule has 110 valence electrons. The van der Waals surface area contributed by atoms with Gasteiger partial charge in [0.1, 0.15) is 4.90 Å². The molecule has 0 radical (unpaired) electrons. The zero-order valence-electron chi connectivity index (χ0n) is 10.7. The molecule has 0 heterocycles. The number of carbonyl (C=O) groups is 1. The van der Waals surface area contributed by atoms with Crippen LogP contribution >= 0.6 is 27.5 Å². The summed E-state index contributed by atoms with van der Waals surface area (Å²) < 4.78 is 23.3. The first-order valence-corrected chi connectivity index (χ1v) is 8.64. The van der Waals surface area contributed by atoms with Crippen molar-refractivity contribution >= 4 is 43.5 Å². The molecule has 8 heteroatoms. The molecule has 0 spiro atoms. The van der Waals surface area contributed by atoms with E-state index in [4.69, 9.17) is 16.7 Å². The monoisotopic (exact) mass is 380 g/mol. The lowest BCUT2D eigenvalue weighted by Gasteiger charge is -2.12. The Balaban J connectivity index is 2.31. The van der Waals surface area contributed by atoms with Crippen LogP contribution in [0.3, 0.4) is 0 Å². The Hall–Kier alpha value is -0.630. The molecule has 1 fully saturated rings. The maximum Gasteiger partial charge on any atom is 0.252 e. The van der Waals surface area contributed by atoms with Crippen LogP contribution in [0.25, 0.3) is 0 Å². The highest BCUT2D eigenvalue weighted by molar-refractivity contribution is 9.10. The predicted octanol–water partition coefficient (Wildman–Crippen LogP) is 2.28. The van der Waals surface area contributed by atoms with Crippen LogP contribution in [0.15, 0.2) is 21.5 Å². The van der Waals surface area contributed by atoms with Crippen molar-refractivity contribution in [2.75, 3.05) is 6.54 Å². The summed E-state index contributed by atoms with van der Waals surface area (Å²) >= 11 is 9.14. The quantitative estimate of drug-likeness (QED) is 0.838. The van der Waals surface area contributed by atoms with Crippen molar-refractivity contribution < 1.29 is 13.2 Å². The van der Waals surface area contributed by atoms with E-state index in [1.54, 1.807) is 0 Å². The standard InChI is InChI=1S/C12H14BrClN2O3S/c1-12(2-3-12)6-16-11(17)8-4-7(13)5-9(10(8)14)20(15,18)19/h4-5H,2-3,6H2,1H3,(H,16,17)(H2,15,18,19). The molecule has 1 saturated carbocycles. The Morgan fingerprint density at radius 1 is 1.50 bits per heavy atom. The van der Waals surface area contributed by atoms with Gasteiger partial charge in [-0.2, -0.15) is 0 Å². The second-order valence-electron chi connectivity index (χ2n) is 5.30. The van der Waals surface area contributed by atoms with Crippen LogP contribution in [0.2, 0.25) is 5.02 Å². The molecule has 0 aliphatic heterocycles. The largest absolute Gasteiger partial charge is 0.351 e. The van der Waals surface area contributed by atoms with E-state index < -0.39 is 15.9 Å². The van der Waals surface area contributed by atoms with Gasteiger partial charge in [-0.15, -0.1) is 0 Å². The summed E-state index contributed by atoms with van der Waals surface area (Å²) in [6.07, 6.45) is 2.14. The molecule has 0 aromatic heterocycles. The van der Waals surface area contributed by atoms with Crippen LogP contribution in [0.4, 0.5) is 0 Å². The van der Waals surface area contributed by atoms with Gasteiger partial charge in [0.05, 0.1) is 10.6 Å². The molecule has 0 saturated heterocycles. The van der Waals surface area contributed by atoms with Gasteiger partial charge in [0, 0.05) is 11.0 Å². The third kappa shape index (κ3) is 3.52. The minimum Gasteiger partial charge on any atom is -0.351 e. The molecule has 20 heavy (non-hydrogen) atoms. The highest BCUT2D eigenvalue weighted by Gasteiger charge is 2.37. The topological polar surface area (TPSA) is 89.3 Å². The van der Waals surface area contributed by atoms with E-state index >= 15 is 0 Å². The Morgan fingerprint density at radius 2 is 2.10 bits per heavy atom. The lowest BCUT2D eigenvalue weighted by molar-refractivity contribution is 0.0946. The van der Waals surface area contributed by atoms with Gasteiger partial charge in [0.25, 0.3) is 5.91 Å². The van der Waals surface area contributed by atoms with E-state index in [2.05, 4.69) is 28.2 Å². The maximum absolute atomic E-state index is 12.1. The van der Waals surface area contributed by atoms with Gasteiger partial charge in [-0.25, -0.2) is 13.6 Å². The number of primary sulfonamides is 1. The number of nitrogens with one attached hydrogen (secondary N) is 1. The first-order chi connectivity index (χ1) is 9.12. The van der Waals surface area contributed by atoms with Gasteiger partial charge in [0.15, 0.2) is 0 Å². The summed E-state index contributed by atoms with van der Waals surface area (Å²) in [6.45, 7) is 2.62. The second-order valence-corrected chi connectivity index (χ2v) is 8.13. The van der Waals surface area contributed by atoms with E-state index in [1.165, 1.54) is 12.1 Å². The number of rotatable bonds is 4.